The number of hydrogen-bond donors (Lipinski definition) is 1. The van der Waals surface area contributed by atoms with Gasteiger partial charge < -0.3 is 4.74 Å². The summed E-state index contributed by atoms with van der Waals surface area (Å²) in [4.78, 5) is 27.7. The van der Waals surface area contributed by atoms with E-state index >= 15 is 0 Å². The minimum atomic E-state index is -3.75. The van der Waals surface area contributed by atoms with Crippen LogP contribution in [0.25, 0.3) is 10.2 Å². The summed E-state index contributed by atoms with van der Waals surface area (Å²) in [5.74, 6) is -0.278. The predicted molar refractivity (Wildman–Crippen MR) is 132 cm³/mol. The zero-order chi connectivity index (χ0) is 25.2. The van der Waals surface area contributed by atoms with Crippen molar-refractivity contribution in [3.8, 4) is 5.75 Å². The lowest BCUT2D eigenvalue weighted by atomic mass is 10.2. The number of fused-ring (bicyclic) bond motifs is 1. The van der Waals surface area contributed by atoms with Crippen LogP contribution in [0.4, 0.5) is 10.8 Å². The van der Waals surface area contributed by atoms with Crippen LogP contribution in [0.15, 0.2) is 71.6 Å². The molecule has 1 amide bonds. The first kappa shape index (κ1) is 24.3. The van der Waals surface area contributed by atoms with E-state index in [9.17, 15) is 23.3 Å². The van der Waals surface area contributed by atoms with E-state index in [1.54, 1.807) is 0 Å². The fraction of sp³-hybridized carbons (Fsp3) is 0.130. The van der Waals surface area contributed by atoms with Crippen molar-refractivity contribution < 1.29 is 22.9 Å². The van der Waals surface area contributed by atoms with Gasteiger partial charge in [0, 0.05) is 25.2 Å². The summed E-state index contributed by atoms with van der Waals surface area (Å²) < 4.78 is 32.7. The van der Waals surface area contributed by atoms with Crippen molar-refractivity contribution in [3.63, 3.8) is 0 Å². The number of carbonyl (C=O) groups excluding carboxylic acids is 1. The van der Waals surface area contributed by atoms with E-state index in [0.29, 0.717) is 10.2 Å². The summed E-state index contributed by atoms with van der Waals surface area (Å²) in [6.07, 6.45) is 0. The number of hydrogen-bond acceptors (Lipinski definition) is 8. The molecule has 0 saturated carbocycles. The second kappa shape index (κ2) is 9.78. The number of amides is 1. The van der Waals surface area contributed by atoms with Crippen LogP contribution in [0.3, 0.4) is 0 Å². The molecule has 12 heteroatoms. The van der Waals surface area contributed by atoms with Crippen molar-refractivity contribution in [3.05, 3.63) is 88.0 Å². The normalized spacial score (nSPS) is 11.5. The van der Waals surface area contributed by atoms with Crippen LogP contribution < -0.4 is 10.1 Å². The third kappa shape index (κ3) is 5.14. The molecule has 10 nitrogen and oxygen atoms in total. The van der Waals surface area contributed by atoms with E-state index in [1.165, 1.54) is 54.9 Å². The maximum Gasteiger partial charge on any atom is 0.274 e. The van der Waals surface area contributed by atoms with Gasteiger partial charge >= 0.3 is 0 Å². The van der Waals surface area contributed by atoms with Crippen molar-refractivity contribution in [2.45, 2.75) is 11.4 Å². The van der Waals surface area contributed by atoms with Gasteiger partial charge in [-0.2, -0.15) is 4.31 Å². The van der Waals surface area contributed by atoms with Gasteiger partial charge in [0.05, 0.1) is 27.7 Å². The van der Waals surface area contributed by atoms with Gasteiger partial charge in [0.1, 0.15) is 5.52 Å². The number of methoxy groups -OCH3 is 1. The molecule has 4 aromatic rings. The molecule has 0 saturated heterocycles. The Bertz CT molecular complexity index is 1500. The Morgan fingerprint density at radius 2 is 1.83 bits per heavy atom. The quantitative estimate of drug-likeness (QED) is 0.275. The number of nitro benzene ring substituents is 1. The molecule has 1 heterocycles. The van der Waals surface area contributed by atoms with E-state index in [0.717, 1.165) is 16.9 Å². The number of anilines is 1. The highest BCUT2D eigenvalue weighted by Crippen LogP contribution is 2.36. The topological polar surface area (TPSA) is 132 Å². The number of aromatic nitrogens is 1. The highest BCUT2D eigenvalue weighted by atomic mass is 32.2. The van der Waals surface area contributed by atoms with Crippen LogP contribution >= 0.6 is 11.3 Å². The maximum atomic E-state index is 12.9. The van der Waals surface area contributed by atoms with E-state index < -0.39 is 20.9 Å². The second-order valence-corrected chi connectivity index (χ2v) is 10.6. The van der Waals surface area contributed by atoms with E-state index in [1.807, 2.05) is 30.3 Å². The minimum absolute atomic E-state index is 0.0597. The van der Waals surface area contributed by atoms with E-state index in [4.69, 9.17) is 4.74 Å². The highest BCUT2D eigenvalue weighted by Gasteiger charge is 2.22. The molecule has 0 aliphatic rings. The number of thiazole rings is 1. The van der Waals surface area contributed by atoms with Gasteiger partial charge in [0.2, 0.25) is 10.0 Å². The summed E-state index contributed by atoms with van der Waals surface area (Å²) in [5, 5.41) is 14.0. The molecule has 0 fully saturated rings. The molecule has 1 N–H and O–H groups in total. The number of sulfonamides is 1. The molecule has 0 aliphatic heterocycles. The van der Waals surface area contributed by atoms with Crippen molar-refractivity contribution in [2.75, 3.05) is 19.5 Å². The molecule has 0 atom stereocenters. The maximum absolute atomic E-state index is 12.9. The van der Waals surface area contributed by atoms with Crippen LogP contribution in [-0.2, 0) is 16.6 Å². The largest absolute Gasteiger partial charge is 0.494 e. The highest BCUT2D eigenvalue weighted by molar-refractivity contribution is 7.89. The van der Waals surface area contributed by atoms with Crippen molar-refractivity contribution in [1.82, 2.24) is 9.29 Å². The number of nitrogens with one attached hydrogen (secondary N) is 1. The van der Waals surface area contributed by atoms with Gasteiger partial charge in [-0.3, -0.25) is 20.2 Å². The summed E-state index contributed by atoms with van der Waals surface area (Å²) in [7, 11) is -0.880. The van der Waals surface area contributed by atoms with Gasteiger partial charge in [-0.05, 0) is 29.8 Å². The summed E-state index contributed by atoms with van der Waals surface area (Å²) >= 11 is 1.06. The van der Waals surface area contributed by atoms with E-state index in [-0.39, 0.29) is 33.6 Å². The summed E-state index contributed by atoms with van der Waals surface area (Å²) in [6, 6.07) is 17.4. The minimum Gasteiger partial charge on any atom is -0.494 e. The lowest BCUT2D eigenvalue weighted by Gasteiger charge is -2.17. The third-order valence-electron chi connectivity index (χ3n) is 5.17. The number of nitro groups is 1. The molecule has 0 spiro atoms. The van der Waals surface area contributed by atoms with Crippen LogP contribution in [-0.4, -0.2) is 42.7 Å². The van der Waals surface area contributed by atoms with Gasteiger partial charge in [-0.25, -0.2) is 13.4 Å². The number of carbonyl (C=O) groups is 1. The van der Waals surface area contributed by atoms with Crippen LogP contribution in [0.5, 0.6) is 5.75 Å². The van der Waals surface area contributed by atoms with Crippen molar-refractivity contribution in [1.29, 1.82) is 0 Å². The van der Waals surface area contributed by atoms with Gasteiger partial charge in [0.25, 0.3) is 11.6 Å². The monoisotopic (exact) mass is 512 g/mol. The molecule has 4 rings (SSSR count). The second-order valence-electron chi connectivity index (χ2n) is 7.50. The molecular weight excluding hydrogens is 492 g/mol. The average molecular weight is 513 g/mol. The molecule has 0 radical (unpaired) electrons. The Balaban J connectivity index is 1.51. The molecule has 0 unspecified atom stereocenters. The number of non-ortho nitro benzene ring substituents is 1. The fourth-order valence-electron chi connectivity index (χ4n) is 3.35. The van der Waals surface area contributed by atoms with Gasteiger partial charge in [-0.15, -0.1) is 0 Å². The Hall–Kier alpha value is -3.87. The molecule has 1 aromatic heterocycles. The van der Waals surface area contributed by atoms with Crippen LogP contribution in [0, 0.1) is 10.1 Å². The smallest absolute Gasteiger partial charge is 0.274 e. The van der Waals surface area contributed by atoms with Gasteiger partial charge in [-0.1, -0.05) is 41.7 Å². The number of rotatable bonds is 8. The van der Waals surface area contributed by atoms with Crippen molar-refractivity contribution >= 4 is 48.3 Å². The average Bonchev–Trinajstić information content (AvgIpc) is 3.26. The van der Waals surface area contributed by atoms with Crippen LogP contribution in [0.1, 0.15) is 15.9 Å². The lowest BCUT2D eigenvalue weighted by molar-refractivity contribution is -0.384. The Morgan fingerprint density at radius 1 is 1.14 bits per heavy atom. The molecule has 35 heavy (non-hydrogen) atoms. The third-order valence-corrected chi connectivity index (χ3v) is 7.90. The summed E-state index contributed by atoms with van der Waals surface area (Å²) in [6.45, 7) is 0.213. The predicted octanol–water partition coefficient (Wildman–Crippen LogP) is 4.29. The first-order valence-electron chi connectivity index (χ1n) is 10.2. The molecule has 180 valence electrons. The van der Waals surface area contributed by atoms with Crippen LogP contribution in [0.2, 0.25) is 0 Å². The Labute approximate surface area is 205 Å². The molecular formula is C23H20N4O6S2. The van der Waals surface area contributed by atoms with E-state index in [2.05, 4.69) is 10.3 Å². The first-order chi connectivity index (χ1) is 16.7. The lowest BCUT2D eigenvalue weighted by Crippen LogP contribution is -2.26. The number of benzene rings is 3. The Kier molecular flexibility index (Phi) is 6.78. The zero-order valence-electron chi connectivity index (χ0n) is 18.7. The molecule has 3 aromatic carbocycles. The summed E-state index contributed by atoms with van der Waals surface area (Å²) in [5.41, 5.74) is 1.32. The zero-order valence-corrected chi connectivity index (χ0v) is 20.3. The fourth-order valence-corrected chi connectivity index (χ4v) is 5.42. The molecule has 0 aliphatic carbocycles. The first-order valence-corrected chi connectivity index (χ1v) is 12.5. The van der Waals surface area contributed by atoms with Gasteiger partial charge in [0.15, 0.2) is 10.9 Å². The Morgan fingerprint density at radius 3 is 2.46 bits per heavy atom. The SMILES string of the molecule is COc1cc([N+](=O)[O-])cc2sc(NC(=O)c3ccc(S(=O)(=O)N(C)Cc4ccccc4)cc3)nc12. The number of ether oxygens (including phenoxy) is 1. The van der Waals surface area contributed by atoms with Crippen molar-refractivity contribution in [2.24, 2.45) is 0 Å². The molecule has 0 bridgehead atoms. The number of nitrogens with zero attached hydrogens (tertiary/aromatic N) is 3. The standard InChI is InChI=1S/C23H20N4O6S2/c1-26(14-15-6-4-3-5-7-15)35(31,32)18-10-8-16(9-11-18)22(28)25-23-24-21-19(33-2)12-17(27(29)30)13-20(21)34-23/h3-13H,14H2,1-2H3,(H,24,25,28).